The summed E-state index contributed by atoms with van der Waals surface area (Å²) in [5.41, 5.74) is 2.01. The Morgan fingerprint density at radius 1 is 0.889 bits per heavy atom. The van der Waals surface area contributed by atoms with Gasteiger partial charge < -0.3 is 4.42 Å². The fourth-order valence-corrected chi connectivity index (χ4v) is 2.45. The van der Waals surface area contributed by atoms with Crippen molar-refractivity contribution in [3.8, 4) is 22.5 Å². The molecular formula is C15H9BrO2. The molecule has 3 rings (SSSR count). The van der Waals surface area contributed by atoms with Gasteiger partial charge in [0.2, 0.25) is 0 Å². The average molecular weight is 301 g/mol. The Kier molecular flexibility index (Phi) is 2.76. The first-order valence-corrected chi connectivity index (χ1v) is 6.33. The molecule has 88 valence electrons. The zero-order chi connectivity index (χ0) is 12.5. The Hall–Kier alpha value is -1.87. The van der Waals surface area contributed by atoms with Crippen LogP contribution in [0.5, 0.6) is 0 Å². The first kappa shape index (κ1) is 11.2. The maximum atomic E-state index is 12.0. The lowest BCUT2D eigenvalue weighted by Gasteiger charge is -1.98. The minimum absolute atomic E-state index is 0.303. The van der Waals surface area contributed by atoms with Gasteiger partial charge in [0.25, 0.3) is 0 Å². The Morgan fingerprint density at radius 2 is 1.56 bits per heavy atom. The van der Waals surface area contributed by atoms with Crippen LogP contribution in [-0.2, 0) is 0 Å². The predicted molar refractivity (Wildman–Crippen MR) is 74.7 cm³/mol. The predicted octanol–water partition coefficient (Wildman–Crippen LogP) is 4.17. The molecule has 18 heavy (non-hydrogen) atoms. The molecule has 2 aliphatic rings. The molecule has 1 heterocycles. The van der Waals surface area contributed by atoms with Crippen LogP contribution in [0.2, 0.25) is 0 Å². The lowest BCUT2D eigenvalue weighted by Crippen LogP contribution is -1.95. The molecule has 0 saturated carbocycles. The van der Waals surface area contributed by atoms with Gasteiger partial charge in [0.05, 0.1) is 10.0 Å². The number of benzene rings is 1. The number of furan rings is 1. The second kappa shape index (κ2) is 4.42. The van der Waals surface area contributed by atoms with Gasteiger partial charge in [-0.05, 0) is 27.6 Å². The summed E-state index contributed by atoms with van der Waals surface area (Å²) in [6, 6.07) is 17.1. The van der Waals surface area contributed by atoms with Gasteiger partial charge in [-0.1, -0.05) is 48.5 Å². The highest BCUT2D eigenvalue weighted by atomic mass is 79.9. The summed E-state index contributed by atoms with van der Waals surface area (Å²) in [6.07, 6.45) is 0. The van der Waals surface area contributed by atoms with Crippen LogP contribution in [-0.4, -0.2) is 0 Å². The van der Waals surface area contributed by atoms with Gasteiger partial charge in [-0.15, -0.1) is 0 Å². The van der Waals surface area contributed by atoms with E-state index in [1.807, 2.05) is 54.6 Å². The highest BCUT2D eigenvalue weighted by molar-refractivity contribution is 9.10. The fraction of sp³-hybridized carbons (Fsp3) is 0. The molecule has 1 aliphatic carbocycles. The van der Waals surface area contributed by atoms with E-state index in [0.717, 1.165) is 15.6 Å². The molecule has 1 aromatic rings. The van der Waals surface area contributed by atoms with E-state index < -0.39 is 0 Å². The van der Waals surface area contributed by atoms with Crippen LogP contribution in [0.3, 0.4) is 0 Å². The zero-order valence-corrected chi connectivity index (χ0v) is 11.0. The molecule has 0 amide bonds. The largest absolute Gasteiger partial charge is 0.421 e. The molecule has 0 N–H and O–H groups in total. The highest BCUT2D eigenvalue weighted by Gasteiger charge is 2.19. The van der Waals surface area contributed by atoms with Crippen LogP contribution in [0, 0.1) is 0 Å². The summed E-state index contributed by atoms with van der Waals surface area (Å²) in [4.78, 5) is 12.0. The molecule has 0 fully saturated rings. The molecule has 1 aromatic carbocycles. The SMILES string of the molecule is O=c1oc2c(Br)ccccc-2c1-c1ccccc1. The second-order valence-electron chi connectivity index (χ2n) is 3.94. The van der Waals surface area contributed by atoms with Gasteiger partial charge in [0.15, 0.2) is 5.76 Å². The van der Waals surface area contributed by atoms with Crippen molar-refractivity contribution in [2.24, 2.45) is 0 Å². The van der Waals surface area contributed by atoms with E-state index in [9.17, 15) is 4.79 Å². The molecule has 0 aromatic heterocycles. The van der Waals surface area contributed by atoms with Crippen molar-refractivity contribution >= 4 is 15.9 Å². The van der Waals surface area contributed by atoms with Crippen molar-refractivity contribution in [1.29, 1.82) is 0 Å². The first-order chi connectivity index (χ1) is 8.77. The number of halogens is 1. The minimum Gasteiger partial charge on any atom is -0.421 e. The Balaban J connectivity index is 2.36. The van der Waals surface area contributed by atoms with Gasteiger partial charge in [-0.3, -0.25) is 0 Å². The standard InChI is InChI=1S/C15H9BrO2/c16-12-9-5-4-8-11-13(15(17)18-14(11)12)10-6-2-1-3-7-10/h1-9H. The summed E-state index contributed by atoms with van der Waals surface area (Å²) in [7, 11) is 0. The van der Waals surface area contributed by atoms with Crippen LogP contribution >= 0.6 is 15.9 Å². The lowest BCUT2D eigenvalue weighted by atomic mass is 10.0. The summed E-state index contributed by atoms with van der Waals surface area (Å²) >= 11 is 3.41. The summed E-state index contributed by atoms with van der Waals surface area (Å²) in [5.74, 6) is 0.587. The molecule has 0 saturated heterocycles. The number of fused-ring (bicyclic) bond motifs is 1. The van der Waals surface area contributed by atoms with Crippen molar-refractivity contribution in [3.05, 3.63) is 69.5 Å². The maximum Gasteiger partial charge on any atom is 0.344 e. The number of hydrogen-bond acceptors (Lipinski definition) is 2. The van der Waals surface area contributed by atoms with Crippen molar-refractivity contribution < 1.29 is 4.42 Å². The van der Waals surface area contributed by atoms with Gasteiger partial charge in [0.1, 0.15) is 0 Å². The van der Waals surface area contributed by atoms with E-state index in [-0.39, 0.29) is 5.63 Å². The molecular weight excluding hydrogens is 292 g/mol. The summed E-state index contributed by atoms with van der Waals surface area (Å²) in [6.45, 7) is 0. The highest BCUT2D eigenvalue weighted by Crippen LogP contribution is 2.35. The van der Waals surface area contributed by atoms with Crippen molar-refractivity contribution in [3.63, 3.8) is 0 Å². The van der Waals surface area contributed by atoms with E-state index in [0.29, 0.717) is 11.3 Å². The Morgan fingerprint density at radius 3 is 2.33 bits per heavy atom. The quantitative estimate of drug-likeness (QED) is 0.675. The van der Waals surface area contributed by atoms with E-state index in [1.54, 1.807) is 0 Å². The number of hydrogen-bond donors (Lipinski definition) is 0. The first-order valence-electron chi connectivity index (χ1n) is 5.54. The molecule has 3 heteroatoms. The van der Waals surface area contributed by atoms with E-state index in [2.05, 4.69) is 15.9 Å². The summed E-state index contributed by atoms with van der Waals surface area (Å²) < 4.78 is 6.12. The maximum absolute atomic E-state index is 12.0. The molecule has 0 bridgehead atoms. The molecule has 0 radical (unpaired) electrons. The van der Waals surface area contributed by atoms with Crippen molar-refractivity contribution in [2.75, 3.05) is 0 Å². The third-order valence-electron chi connectivity index (χ3n) is 2.81. The molecule has 0 spiro atoms. The van der Waals surface area contributed by atoms with Crippen molar-refractivity contribution in [1.82, 2.24) is 0 Å². The second-order valence-corrected chi connectivity index (χ2v) is 4.79. The van der Waals surface area contributed by atoms with Gasteiger partial charge in [-0.2, -0.15) is 0 Å². The van der Waals surface area contributed by atoms with Crippen LogP contribution in [0.25, 0.3) is 22.5 Å². The smallest absolute Gasteiger partial charge is 0.344 e. The molecule has 0 atom stereocenters. The summed E-state index contributed by atoms with van der Waals surface area (Å²) in [5, 5.41) is 0. The zero-order valence-electron chi connectivity index (χ0n) is 9.39. The van der Waals surface area contributed by atoms with E-state index >= 15 is 0 Å². The average Bonchev–Trinajstić information content (AvgIpc) is 2.62. The fourth-order valence-electron chi connectivity index (χ4n) is 2.00. The van der Waals surface area contributed by atoms with Gasteiger partial charge in [-0.25, -0.2) is 4.79 Å². The Labute approximate surface area is 112 Å². The molecule has 0 unspecified atom stereocenters. The van der Waals surface area contributed by atoms with Gasteiger partial charge in [0, 0.05) is 5.56 Å². The van der Waals surface area contributed by atoms with Crippen LogP contribution in [0.4, 0.5) is 0 Å². The minimum atomic E-state index is -0.303. The molecule has 2 nitrogen and oxygen atoms in total. The Bertz CT molecular complexity index is 716. The van der Waals surface area contributed by atoms with Crippen molar-refractivity contribution in [2.45, 2.75) is 0 Å². The third-order valence-corrected chi connectivity index (χ3v) is 3.43. The lowest BCUT2D eigenvalue weighted by molar-refractivity contribution is 0.544. The van der Waals surface area contributed by atoms with Crippen LogP contribution in [0.1, 0.15) is 0 Å². The molecule has 1 aliphatic heterocycles. The normalized spacial score (nSPS) is 10.7. The topological polar surface area (TPSA) is 30.2 Å². The third kappa shape index (κ3) is 1.77. The monoisotopic (exact) mass is 300 g/mol. The van der Waals surface area contributed by atoms with Gasteiger partial charge >= 0.3 is 5.63 Å². The van der Waals surface area contributed by atoms with E-state index in [1.165, 1.54) is 0 Å². The number of rotatable bonds is 1. The van der Waals surface area contributed by atoms with E-state index in [4.69, 9.17) is 4.42 Å². The van der Waals surface area contributed by atoms with Crippen LogP contribution < -0.4 is 5.63 Å². The van der Waals surface area contributed by atoms with Crippen LogP contribution in [0.15, 0.2) is 68.3 Å².